The Morgan fingerprint density at radius 1 is 1.55 bits per heavy atom. The van der Waals surface area contributed by atoms with Crippen LogP contribution in [-0.2, 0) is 4.79 Å². The van der Waals surface area contributed by atoms with Gasteiger partial charge < -0.3 is 15.2 Å². The van der Waals surface area contributed by atoms with Crippen molar-refractivity contribution >= 4 is 5.91 Å². The van der Waals surface area contributed by atoms with Gasteiger partial charge in [0.05, 0.1) is 12.6 Å². The number of benzene rings is 1. The molecule has 2 atom stereocenters. The predicted octanol–water partition coefficient (Wildman–Crippen LogP) is 1.19. The molecule has 0 bridgehead atoms. The predicted molar refractivity (Wildman–Crippen MR) is 85.9 cm³/mol. The van der Waals surface area contributed by atoms with Gasteiger partial charge in [-0.2, -0.15) is 0 Å². The highest BCUT2D eigenvalue weighted by Gasteiger charge is 2.28. The van der Waals surface area contributed by atoms with Gasteiger partial charge in [0.2, 0.25) is 5.91 Å². The van der Waals surface area contributed by atoms with E-state index in [9.17, 15) is 4.79 Å². The molecule has 2 unspecified atom stereocenters. The van der Waals surface area contributed by atoms with E-state index in [1.807, 2.05) is 38.1 Å². The molecule has 5 nitrogen and oxygen atoms in total. The number of likely N-dealkylation sites (tertiary alicyclic amines) is 1. The fourth-order valence-corrected chi connectivity index (χ4v) is 2.73. The Hall–Kier alpha value is -1.59. The van der Waals surface area contributed by atoms with Crippen molar-refractivity contribution in [2.24, 2.45) is 5.92 Å². The number of rotatable bonds is 7. The van der Waals surface area contributed by atoms with E-state index in [0.29, 0.717) is 19.1 Å². The number of ether oxygens (including phenoxy) is 1. The van der Waals surface area contributed by atoms with Crippen LogP contribution < -0.4 is 10.1 Å². The van der Waals surface area contributed by atoms with Gasteiger partial charge in [-0.3, -0.25) is 9.69 Å². The summed E-state index contributed by atoms with van der Waals surface area (Å²) in [7, 11) is 0. The molecule has 0 radical (unpaired) electrons. The molecule has 22 heavy (non-hydrogen) atoms. The van der Waals surface area contributed by atoms with Gasteiger partial charge in [-0.05, 0) is 50.4 Å². The highest BCUT2D eigenvalue weighted by Crippen LogP contribution is 2.18. The third-order valence-electron chi connectivity index (χ3n) is 4.16. The molecule has 1 amide bonds. The number of aryl methyl sites for hydroxylation is 1. The second-order valence-corrected chi connectivity index (χ2v) is 5.96. The van der Waals surface area contributed by atoms with Crippen molar-refractivity contribution in [3.05, 3.63) is 29.8 Å². The molecule has 5 heteroatoms. The Balaban J connectivity index is 1.67. The van der Waals surface area contributed by atoms with E-state index < -0.39 is 0 Å². The topological polar surface area (TPSA) is 61.8 Å². The van der Waals surface area contributed by atoms with Crippen LogP contribution in [0.25, 0.3) is 0 Å². The first kappa shape index (κ1) is 16.8. The molecule has 1 fully saturated rings. The number of nitrogens with one attached hydrogen (secondary N) is 1. The van der Waals surface area contributed by atoms with Crippen LogP contribution in [0.15, 0.2) is 24.3 Å². The Morgan fingerprint density at radius 2 is 2.36 bits per heavy atom. The number of aliphatic hydroxyl groups is 1. The minimum atomic E-state index is -0.157. The molecule has 0 aliphatic carbocycles. The van der Waals surface area contributed by atoms with Crippen LogP contribution in [0.5, 0.6) is 5.75 Å². The molecule has 2 N–H and O–H groups in total. The van der Waals surface area contributed by atoms with Crippen LogP contribution in [-0.4, -0.2) is 54.8 Å². The van der Waals surface area contributed by atoms with E-state index in [1.54, 1.807) is 0 Å². The van der Waals surface area contributed by atoms with Gasteiger partial charge in [-0.15, -0.1) is 0 Å². The third-order valence-corrected chi connectivity index (χ3v) is 4.16. The maximum absolute atomic E-state index is 12.1. The fraction of sp³-hybridized carbons (Fsp3) is 0.588. The highest BCUT2D eigenvalue weighted by molar-refractivity contribution is 5.81. The summed E-state index contributed by atoms with van der Waals surface area (Å²) in [5, 5.41) is 12.1. The standard InChI is InChI=1S/C17H26N2O3/c1-13-4-3-5-16(10-13)22-9-7-18-17(21)14(2)19-8-6-15(11-19)12-20/h3-5,10,14-15,20H,6-9,11-12H2,1-2H3,(H,18,21). The van der Waals surface area contributed by atoms with E-state index in [2.05, 4.69) is 10.2 Å². The molecule has 1 aromatic carbocycles. The Kier molecular flexibility index (Phi) is 6.21. The number of hydrogen-bond acceptors (Lipinski definition) is 4. The summed E-state index contributed by atoms with van der Waals surface area (Å²) in [5.41, 5.74) is 1.16. The third kappa shape index (κ3) is 4.71. The number of amides is 1. The summed E-state index contributed by atoms with van der Waals surface area (Å²) in [5.74, 6) is 1.15. The average Bonchev–Trinajstić information content (AvgIpc) is 2.99. The number of carbonyl (C=O) groups excluding carboxylic acids is 1. The lowest BCUT2D eigenvalue weighted by Gasteiger charge is -2.23. The van der Waals surface area contributed by atoms with Gasteiger partial charge in [-0.1, -0.05) is 12.1 Å². The maximum Gasteiger partial charge on any atom is 0.237 e. The van der Waals surface area contributed by atoms with Crippen LogP contribution in [0.2, 0.25) is 0 Å². The van der Waals surface area contributed by atoms with Crippen LogP contribution in [0.1, 0.15) is 18.9 Å². The van der Waals surface area contributed by atoms with Crippen molar-refractivity contribution in [1.29, 1.82) is 0 Å². The molecule has 1 saturated heterocycles. The van der Waals surface area contributed by atoms with Crippen molar-refractivity contribution < 1.29 is 14.6 Å². The SMILES string of the molecule is Cc1cccc(OCCNC(=O)C(C)N2CCC(CO)C2)c1. The summed E-state index contributed by atoms with van der Waals surface area (Å²) in [6.07, 6.45) is 0.963. The van der Waals surface area contributed by atoms with E-state index in [0.717, 1.165) is 30.8 Å². The Labute approximate surface area is 132 Å². The molecule has 2 rings (SSSR count). The Bertz CT molecular complexity index is 493. The van der Waals surface area contributed by atoms with E-state index in [1.165, 1.54) is 0 Å². The monoisotopic (exact) mass is 306 g/mol. The summed E-state index contributed by atoms with van der Waals surface area (Å²) >= 11 is 0. The number of carbonyl (C=O) groups is 1. The normalized spacial score (nSPS) is 19.9. The van der Waals surface area contributed by atoms with Crippen LogP contribution in [0.3, 0.4) is 0 Å². The summed E-state index contributed by atoms with van der Waals surface area (Å²) in [6.45, 7) is 6.76. The van der Waals surface area contributed by atoms with Gasteiger partial charge in [0.15, 0.2) is 0 Å². The number of hydrogen-bond donors (Lipinski definition) is 2. The minimum absolute atomic E-state index is 0.0198. The molecule has 1 aliphatic rings. The second-order valence-electron chi connectivity index (χ2n) is 5.96. The van der Waals surface area contributed by atoms with Gasteiger partial charge in [0.25, 0.3) is 0 Å². The molecular formula is C17H26N2O3. The molecule has 1 aromatic rings. The largest absolute Gasteiger partial charge is 0.492 e. The highest BCUT2D eigenvalue weighted by atomic mass is 16.5. The lowest BCUT2D eigenvalue weighted by atomic mass is 10.1. The molecule has 0 aromatic heterocycles. The first-order valence-electron chi connectivity index (χ1n) is 7.92. The van der Waals surface area contributed by atoms with E-state index in [4.69, 9.17) is 9.84 Å². The quantitative estimate of drug-likeness (QED) is 0.743. The fourth-order valence-electron chi connectivity index (χ4n) is 2.73. The molecule has 1 heterocycles. The Morgan fingerprint density at radius 3 is 3.05 bits per heavy atom. The second kappa shape index (κ2) is 8.15. The smallest absolute Gasteiger partial charge is 0.237 e. The lowest BCUT2D eigenvalue weighted by molar-refractivity contribution is -0.125. The van der Waals surface area contributed by atoms with Gasteiger partial charge in [0, 0.05) is 13.2 Å². The van der Waals surface area contributed by atoms with Crippen molar-refractivity contribution in [2.45, 2.75) is 26.3 Å². The zero-order valence-corrected chi connectivity index (χ0v) is 13.4. The first-order valence-corrected chi connectivity index (χ1v) is 7.92. The van der Waals surface area contributed by atoms with Crippen molar-refractivity contribution in [1.82, 2.24) is 10.2 Å². The molecular weight excluding hydrogens is 280 g/mol. The summed E-state index contributed by atoms with van der Waals surface area (Å²) < 4.78 is 5.62. The minimum Gasteiger partial charge on any atom is -0.492 e. The molecule has 0 spiro atoms. The number of nitrogens with zero attached hydrogens (tertiary/aromatic N) is 1. The zero-order valence-electron chi connectivity index (χ0n) is 13.4. The first-order chi connectivity index (χ1) is 10.6. The van der Waals surface area contributed by atoms with E-state index in [-0.39, 0.29) is 18.6 Å². The maximum atomic E-state index is 12.1. The average molecular weight is 306 g/mol. The summed E-state index contributed by atoms with van der Waals surface area (Å²) in [4.78, 5) is 14.2. The van der Waals surface area contributed by atoms with Crippen LogP contribution >= 0.6 is 0 Å². The number of aliphatic hydroxyl groups excluding tert-OH is 1. The van der Waals surface area contributed by atoms with Crippen molar-refractivity contribution in [2.75, 3.05) is 32.8 Å². The van der Waals surface area contributed by atoms with Crippen LogP contribution in [0, 0.1) is 12.8 Å². The molecule has 122 valence electrons. The van der Waals surface area contributed by atoms with Crippen molar-refractivity contribution in [3.8, 4) is 5.75 Å². The van der Waals surface area contributed by atoms with Crippen LogP contribution in [0.4, 0.5) is 0 Å². The summed E-state index contributed by atoms with van der Waals surface area (Å²) in [6, 6.07) is 7.71. The molecule has 1 aliphatic heterocycles. The molecule has 0 saturated carbocycles. The van der Waals surface area contributed by atoms with E-state index >= 15 is 0 Å². The van der Waals surface area contributed by atoms with Gasteiger partial charge in [0.1, 0.15) is 12.4 Å². The lowest BCUT2D eigenvalue weighted by Crippen LogP contribution is -2.45. The van der Waals surface area contributed by atoms with Gasteiger partial charge in [-0.25, -0.2) is 0 Å². The van der Waals surface area contributed by atoms with Gasteiger partial charge >= 0.3 is 0 Å². The zero-order chi connectivity index (χ0) is 15.9. The van der Waals surface area contributed by atoms with Crippen molar-refractivity contribution in [3.63, 3.8) is 0 Å².